The molecular weight excluding hydrogens is 254 g/mol. The first-order valence-corrected chi connectivity index (χ1v) is 7.55. The van der Waals surface area contributed by atoms with Crippen LogP contribution in [-0.4, -0.2) is 29.9 Å². The highest BCUT2D eigenvalue weighted by molar-refractivity contribution is 5.81. The summed E-state index contributed by atoms with van der Waals surface area (Å²) in [6, 6.07) is 0.115. The minimum absolute atomic E-state index is 0.00979. The van der Waals surface area contributed by atoms with Gasteiger partial charge in [0.1, 0.15) is 0 Å². The third-order valence-corrected chi connectivity index (χ3v) is 3.87. The molecule has 2 amide bonds. The lowest BCUT2D eigenvalue weighted by atomic mass is 9.77. The van der Waals surface area contributed by atoms with Gasteiger partial charge in [0.2, 0.25) is 11.8 Å². The zero-order valence-corrected chi connectivity index (χ0v) is 13.2. The Hall–Kier alpha value is -1.10. The molecule has 5 nitrogen and oxygen atoms in total. The first kappa shape index (κ1) is 17.0. The molecule has 0 aromatic rings. The van der Waals surface area contributed by atoms with Crippen LogP contribution in [0.3, 0.4) is 0 Å². The van der Waals surface area contributed by atoms with E-state index in [1.807, 2.05) is 27.7 Å². The number of rotatable bonds is 4. The predicted molar refractivity (Wildman–Crippen MR) is 80.0 cm³/mol. The van der Waals surface area contributed by atoms with Gasteiger partial charge < -0.3 is 16.4 Å². The van der Waals surface area contributed by atoms with Gasteiger partial charge in [-0.1, -0.05) is 13.3 Å². The van der Waals surface area contributed by atoms with Crippen molar-refractivity contribution in [1.82, 2.24) is 10.6 Å². The van der Waals surface area contributed by atoms with E-state index in [0.29, 0.717) is 13.0 Å². The van der Waals surface area contributed by atoms with Crippen LogP contribution >= 0.6 is 0 Å². The molecule has 0 aromatic heterocycles. The largest absolute Gasteiger partial charge is 0.355 e. The number of hydrogen-bond donors (Lipinski definition) is 3. The van der Waals surface area contributed by atoms with Crippen LogP contribution in [0.4, 0.5) is 0 Å². The molecule has 5 heteroatoms. The monoisotopic (exact) mass is 283 g/mol. The molecule has 0 aromatic carbocycles. The van der Waals surface area contributed by atoms with E-state index in [2.05, 4.69) is 10.6 Å². The minimum Gasteiger partial charge on any atom is -0.355 e. The van der Waals surface area contributed by atoms with Crippen molar-refractivity contribution >= 4 is 11.8 Å². The minimum atomic E-state index is -0.230. The fourth-order valence-corrected chi connectivity index (χ4v) is 2.68. The number of carbonyl (C=O) groups is 2. The molecule has 0 heterocycles. The molecule has 3 unspecified atom stereocenters. The standard InChI is InChI=1S/C15H29N3O2/c1-10-11(6-5-7-12(10)16)14(20)17-9-8-13(19)18-15(2,3)4/h10-12H,5-9,16H2,1-4H3,(H,17,20)(H,18,19). The van der Waals surface area contributed by atoms with Crippen LogP contribution in [0.25, 0.3) is 0 Å². The Kier molecular flexibility index (Phi) is 5.99. The van der Waals surface area contributed by atoms with Gasteiger partial charge in [0, 0.05) is 30.5 Å². The van der Waals surface area contributed by atoms with Crippen molar-refractivity contribution in [3.63, 3.8) is 0 Å². The molecular formula is C15H29N3O2. The molecule has 1 fully saturated rings. The third kappa shape index (κ3) is 5.49. The lowest BCUT2D eigenvalue weighted by molar-refractivity contribution is -0.128. The zero-order chi connectivity index (χ0) is 15.3. The average molecular weight is 283 g/mol. The summed E-state index contributed by atoms with van der Waals surface area (Å²) >= 11 is 0. The second kappa shape index (κ2) is 7.07. The smallest absolute Gasteiger partial charge is 0.223 e. The van der Waals surface area contributed by atoms with Crippen molar-refractivity contribution < 1.29 is 9.59 Å². The van der Waals surface area contributed by atoms with Crippen LogP contribution in [-0.2, 0) is 9.59 Å². The Morgan fingerprint density at radius 1 is 1.25 bits per heavy atom. The maximum atomic E-state index is 12.1. The van der Waals surface area contributed by atoms with Gasteiger partial charge in [0.25, 0.3) is 0 Å². The summed E-state index contributed by atoms with van der Waals surface area (Å²) in [7, 11) is 0. The van der Waals surface area contributed by atoms with E-state index < -0.39 is 0 Å². The maximum Gasteiger partial charge on any atom is 0.223 e. The van der Waals surface area contributed by atoms with Crippen molar-refractivity contribution in [2.75, 3.05) is 6.54 Å². The molecule has 1 aliphatic rings. The molecule has 1 saturated carbocycles. The Labute approximate surface area is 122 Å². The molecule has 1 rings (SSSR count). The van der Waals surface area contributed by atoms with Gasteiger partial charge in [-0.3, -0.25) is 9.59 Å². The van der Waals surface area contributed by atoms with Crippen LogP contribution in [0.2, 0.25) is 0 Å². The van der Waals surface area contributed by atoms with Gasteiger partial charge in [0.15, 0.2) is 0 Å². The van der Waals surface area contributed by atoms with Crippen molar-refractivity contribution in [3.8, 4) is 0 Å². The molecule has 0 aliphatic heterocycles. The Balaban J connectivity index is 2.31. The van der Waals surface area contributed by atoms with Gasteiger partial charge in [0.05, 0.1) is 0 Å². The molecule has 4 N–H and O–H groups in total. The quantitative estimate of drug-likeness (QED) is 0.724. The molecule has 0 spiro atoms. The Morgan fingerprint density at radius 2 is 1.90 bits per heavy atom. The Morgan fingerprint density at radius 3 is 2.50 bits per heavy atom. The van der Waals surface area contributed by atoms with Crippen molar-refractivity contribution in [2.45, 2.75) is 65.0 Å². The second-order valence-corrected chi connectivity index (χ2v) is 6.90. The number of nitrogens with one attached hydrogen (secondary N) is 2. The van der Waals surface area contributed by atoms with Crippen LogP contribution in [0, 0.1) is 11.8 Å². The van der Waals surface area contributed by atoms with Gasteiger partial charge in [-0.05, 0) is 39.5 Å². The molecule has 116 valence electrons. The highest BCUT2D eigenvalue weighted by Crippen LogP contribution is 2.28. The number of carbonyl (C=O) groups excluding carboxylic acids is 2. The lowest BCUT2D eigenvalue weighted by Gasteiger charge is -2.32. The lowest BCUT2D eigenvalue weighted by Crippen LogP contribution is -2.45. The van der Waals surface area contributed by atoms with Gasteiger partial charge in [-0.25, -0.2) is 0 Å². The van der Waals surface area contributed by atoms with Crippen LogP contribution in [0.5, 0.6) is 0 Å². The highest BCUT2D eigenvalue weighted by Gasteiger charge is 2.32. The van der Waals surface area contributed by atoms with E-state index in [9.17, 15) is 9.59 Å². The SMILES string of the molecule is CC1C(N)CCCC1C(=O)NCCC(=O)NC(C)(C)C. The summed E-state index contributed by atoms with van der Waals surface area (Å²) in [6.45, 7) is 8.25. The summed E-state index contributed by atoms with van der Waals surface area (Å²) < 4.78 is 0. The van der Waals surface area contributed by atoms with E-state index in [-0.39, 0.29) is 35.2 Å². The van der Waals surface area contributed by atoms with E-state index >= 15 is 0 Å². The topological polar surface area (TPSA) is 84.2 Å². The first-order chi connectivity index (χ1) is 9.20. The van der Waals surface area contributed by atoms with Gasteiger partial charge in [-0.2, -0.15) is 0 Å². The maximum absolute atomic E-state index is 12.1. The summed E-state index contributed by atoms with van der Waals surface area (Å²) in [5.74, 6) is 0.207. The van der Waals surface area contributed by atoms with Crippen LogP contribution < -0.4 is 16.4 Å². The highest BCUT2D eigenvalue weighted by atomic mass is 16.2. The second-order valence-electron chi connectivity index (χ2n) is 6.90. The third-order valence-electron chi connectivity index (χ3n) is 3.87. The van der Waals surface area contributed by atoms with E-state index in [0.717, 1.165) is 19.3 Å². The summed E-state index contributed by atoms with van der Waals surface area (Å²) in [4.78, 5) is 23.8. The summed E-state index contributed by atoms with van der Waals surface area (Å²) in [5.41, 5.74) is 5.78. The van der Waals surface area contributed by atoms with Crippen LogP contribution in [0.15, 0.2) is 0 Å². The van der Waals surface area contributed by atoms with Crippen molar-refractivity contribution in [1.29, 1.82) is 0 Å². The number of nitrogens with two attached hydrogens (primary N) is 1. The fraction of sp³-hybridized carbons (Fsp3) is 0.867. The molecule has 3 atom stereocenters. The van der Waals surface area contributed by atoms with E-state index in [4.69, 9.17) is 5.73 Å². The molecule has 0 saturated heterocycles. The van der Waals surface area contributed by atoms with Crippen LogP contribution in [0.1, 0.15) is 53.4 Å². The van der Waals surface area contributed by atoms with E-state index in [1.165, 1.54) is 0 Å². The zero-order valence-electron chi connectivity index (χ0n) is 13.2. The van der Waals surface area contributed by atoms with Crippen molar-refractivity contribution in [2.24, 2.45) is 17.6 Å². The molecule has 1 aliphatic carbocycles. The van der Waals surface area contributed by atoms with Gasteiger partial charge >= 0.3 is 0 Å². The molecule has 0 bridgehead atoms. The van der Waals surface area contributed by atoms with Gasteiger partial charge in [-0.15, -0.1) is 0 Å². The summed E-state index contributed by atoms with van der Waals surface area (Å²) in [6.07, 6.45) is 3.22. The Bertz CT molecular complexity index is 350. The molecule has 0 radical (unpaired) electrons. The molecule has 20 heavy (non-hydrogen) atoms. The predicted octanol–water partition coefficient (Wildman–Crippen LogP) is 1.17. The van der Waals surface area contributed by atoms with E-state index in [1.54, 1.807) is 0 Å². The number of hydrogen-bond acceptors (Lipinski definition) is 3. The fourth-order valence-electron chi connectivity index (χ4n) is 2.68. The first-order valence-electron chi connectivity index (χ1n) is 7.55. The average Bonchev–Trinajstić information content (AvgIpc) is 2.30. The van der Waals surface area contributed by atoms with Crippen molar-refractivity contribution in [3.05, 3.63) is 0 Å². The normalized spacial score (nSPS) is 26.9. The summed E-state index contributed by atoms with van der Waals surface area (Å²) in [5, 5.41) is 5.74. The number of amides is 2.